The van der Waals surface area contributed by atoms with E-state index in [1.165, 1.54) is 0 Å². The molecule has 0 aromatic carbocycles. The van der Waals surface area contributed by atoms with Gasteiger partial charge in [-0.25, -0.2) is 0 Å². The molecule has 2 N–H and O–H groups in total. The van der Waals surface area contributed by atoms with Gasteiger partial charge in [0.1, 0.15) is 5.69 Å². The fourth-order valence-corrected chi connectivity index (χ4v) is 3.21. The molecule has 1 saturated heterocycles. The molecule has 1 aliphatic rings. The number of thioether (sulfide) groups is 1. The van der Waals surface area contributed by atoms with Gasteiger partial charge in [0.15, 0.2) is 0 Å². The zero-order valence-corrected chi connectivity index (χ0v) is 10.8. The van der Waals surface area contributed by atoms with E-state index in [0.29, 0.717) is 12.2 Å². The third-order valence-electron chi connectivity index (χ3n) is 3.18. The van der Waals surface area contributed by atoms with E-state index in [1.54, 1.807) is 10.6 Å². The topological polar surface area (TPSA) is 54.3 Å². The summed E-state index contributed by atoms with van der Waals surface area (Å²) in [4.78, 5) is 11.9. The maximum absolute atomic E-state index is 11.9. The Hall–Kier alpha value is -0.940. The number of rotatable bonds is 3. The predicted molar refractivity (Wildman–Crippen MR) is 69.3 cm³/mol. The maximum atomic E-state index is 11.9. The molecule has 0 bridgehead atoms. The number of nitrogens with one attached hydrogen (secondary N) is 1. The second-order valence-corrected chi connectivity index (χ2v) is 5.75. The molecule has 1 amide bonds. The van der Waals surface area contributed by atoms with Crippen molar-refractivity contribution in [1.29, 1.82) is 0 Å². The summed E-state index contributed by atoms with van der Waals surface area (Å²) in [6.07, 6.45) is 3.34. The SMILES string of the molecule is Cn1cccc1C(=O)NCC1(O)CCSCC1. The first-order valence-corrected chi connectivity index (χ1v) is 6.96. The van der Waals surface area contributed by atoms with E-state index in [9.17, 15) is 9.90 Å². The van der Waals surface area contributed by atoms with Crippen molar-refractivity contribution in [3.8, 4) is 0 Å². The van der Waals surface area contributed by atoms with E-state index in [-0.39, 0.29) is 5.91 Å². The Kier molecular flexibility index (Phi) is 3.79. The molecule has 1 fully saturated rings. The van der Waals surface area contributed by atoms with E-state index in [1.807, 2.05) is 31.1 Å². The van der Waals surface area contributed by atoms with Crippen LogP contribution >= 0.6 is 11.8 Å². The van der Waals surface area contributed by atoms with Crippen LogP contribution in [0.3, 0.4) is 0 Å². The Morgan fingerprint density at radius 1 is 1.59 bits per heavy atom. The van der Waals surface area contributed by atoms with Gasteiger partial charge in [-0.3, -0.25) is 4.79 Å². The fraction of sp³-hybridized carbons (Fsp3) is 0.583. The Balaban J connectivity index is 1.90. The minimum atomic E-state index is -0.716. The predicted octanol–water partition coefficient (Wildman–Crippen LogP) is 1.01. The summed E-state index contributed by atoms with van der Waals surface area (Å²) in [5.41, 5.74) is -0.0923. The van der Waals surface area contributed by atoms with Gasteiger partial charge < -0.3 is 15.0 Å². The number of carbonyl (C=O) groups is 1. The van der Waals surface area contributed by atoms with E-state index in [2.05, 4.69) is 5.32 Å². The standard InChI is InChI=1S/C12H18N2O2S/c1-14-6-2-3-10(14)11(15)13-9-12(16)4-7-17-8-5-12/h2-3,6,16H,4-5,7-9H2,1H3,(H,13,15). The molecule has 17 heavy (non-hydrogen) atoms. The van der Waals surface area contributed by atoms with Gasteiger partial charge >= 0.3 is 0 Å². The summed E-state index contributed by atoms with van der Waals surface area (Å²) in [7, 11) is 1.83. The average molecular weight is 254 g/mol. The molecule has 0 radical (unpaired) electrons. The zero-order valence-electron chi connectivity index (χ0n) is 9.98. The fourth-order valence-electron chi connectivity index (χ4n) is 1.96. The van der Waals surface area contributed by atoms with Gasteiger partial charge in [0.2, 0.25) is 0 Å². The minimum absolute atomic E-state index is 0.121. The third kappa shape index (κ3) is 3.04. The third-order valence-corrected chi connectivity index (χ3v) is 4.16. The monoisotopic (exact) mass is 254 g/mol. The van der Waals surface area contributed by atoms with Gasteiger partial charge in [-0.05, 0) is 36.5 Å². The van der Waals surface area contributed by atoms with E-state index in [0.717, 1.165) is 24.3 Å². The number of amides is 1. The van der Waals surface area contributed by atoms with Crippen molar-refractivity contribution in [1.82, 2.24) is 9.88 Å². The lowest BCUT2D eigenvalue weighted by atomic mass is 9.97. The van der Waals surface area contributed by atoms with Crippen molar-refractivity contribution in [3.63, 3.8) is 0 Å². The Morgan fingerprint density at radius 2 is 2.29 bits per heavy atom. The molecule has 0 saturated carbocycles. The van der Waals surface area contributed by atoms with Crippen molar-refractivity contribution in [2.45, 2.75) is 18.4 Å². The molecule has 1 aromatic heterocycles. The molecule has 5 heteroatoms. The van der Waals surface area contributed by atoms with Gasteiger partial charge in [-0.2, -0.15) is 11.8 Å². The van der Waals surface area contributed by atoms with Crippen LogP contribution in [0.5, 0.6) is 0 Å². The molecule has 0 spiro atoms. The van der Waals surface area contributed by atoms with Crippen LogP contribution in [0.2, 0.25) is 0 Å². The Morgan fingerprint density at radius 3 is 2.88 bits per heavy atom. The van der Waals surface area contributed by atoms with Crippen LogP contribution in [0, 0.1) is 0 Å². The van der Waals surface area contributed by atoms with Crippen molar-refractivity contribution in [3.05, 3.63) is 24.0 Å². The molecule has 0 aliphatic carbocycles. The van der Waals surface area contributed by atoms with Crippen molar-refractivity contribution < 1.29 is 9.90 Å². The first-order valence-electron chi connectivity index (χ1n) is 5.80. The molecule has 2 heterocycles. The van der Waals surface area contributed by atoms with Gasteiger partial charge in [-0.1, -0.05) is 0 Å². The number of carbonyl (C=O) groups excluding carboxylic acids is 1. The van der Waals surface area contributed by atoms with E-state index < -0.39 is 5.60 Å². The van der Waals surface area contributed by atoms with Gasteiger partial charge in [-0.15, -0.1) is 0 Å². The van der Waals surface area contributed by atoms with Gasteiger partial charge in [0.05, 0.1) is 5.60 Å². The second-order valence-electron chi connectivity index (χ2n) is 4.52. The zero-order chi connectivity index (χ0) is 12.3. The summed E-state index contributed by atoms with van der Waals surface area (Å²) in [5.74, 6) is 1.82. The summed E-state index contributed by atoms with van der Waals surface area (Å²) in [6, 6.07) is 3.61. The molecular formula is C12H18N2O2S. The van der Waals surface area contributed by atoms with Crippen LogP contribution in [-0.2, 0) is 7.05 Å². The lowest BCUT2D eigenvalue weighted by molar-refractivity contribution is 0.0310. The second kappa shape index (κ2) is 5.14. The van der Waals surface area contributed by atoms with Crippen LogP contribution in [-0.4, -0.2) is 39.2 Å². The Bertz CT molecular complexity index is 397. The molecule has 1 aliphatic heterocycles. The number of hydrogen-bond donors (Lipinski definition) is 2. The molecule has 2 rings (SSSR count). The van der Waals surface area contributed by atoms with Crippen LogP contribution in [0.1, 0.15) is 23.3 Å². The quantitative estimate of drug-likeness (QED) is 0.846. The van der Waals surface area contributed by atoms with Crippen molar-refractivity contribution >= 4 is 17.7 Å². The largest absolute Gasteiger partial charge is 0.388 e. The summed E-state index contributed by atoms with van der Waals surface area (Å²) in [5, 5.41) is 13.1. The van der Waals surface area contributed by atoms with Gasteiger partial charge in [0, 0.05) is 19.8 Å². The summed E-state index contributed by atoms with van der Waals surface area (Å²) < 4.78 is 1.77. The van der Waals surface area contributed by atoms with Crippen LogP contribution < -0.4 is 5.32 Å². The van der Waals surface area contributed by atoms with Crippen LogP contribution in [0.15, 0.2) is 18.3 Å². The number of nitrogens with zero attached hydrogens (tertiary/aromatic N) is 1. The highest BCUT2D eigenvalue weighted by molar-refractivity contribution is 7.99. The number of aliphatic hydroxyl groups is 1. The molecule has 94 valence electrons. The van der Waals surface area contributed by atoms with Crippen LogP contribution in [0.4, 0.5) is 0 Å². The molecule has 4 nitrogen and oxygen atoms in total. The molecule has 0 atom stereocenters. The summed E-state index contributed by atoms with van der Waals surface area (Å²) >= 11 is 1.85. The first kappa shape index (κ1) is 12.5. The maximum Gasteiger partial charge on any atom is 0.267 e. The average Bonchev–Trinajstić information content (AvgIpc) is 2.74. The lowest BCUT2D eigenvalue weighted by Crippen LogP contribution is -2.45. The molecule has 0 unspecified atom stereocenters. The van der Waals surface area contributed by atoms with E-state index >= 15 is 0 Å². The number of aryl methyl sites for hydroxylation is 1. The van der Waals surface area contributed by atoms with Crippen molar-refractivity contribution in [2.24, 2.45) is 7.05 Å². The van der Waals surface area contributed by atoms with Crippen molar-refractivity contribution in [2.75, 3.05) is 18.1 Å². The highest BCUT2D eigenvalue weighted by Gasteiger charge is 2.30. The van der Waals surface area contributed by atoms with Crippen LogP contribution in [0.25, 0.3) is 0 Å². The summed E-state index contributed by atoms with van der Waals surface area (Å²) in [6.45, 7) is 0.345. The smallest absolute Gasteiger partial charge is 0.267 e. The van der Waals surface area contributed by atoms with E-state index in [4.69, 9.17) is 0 Å². The number of aromatic nitrogens is 1. The minimum Gasteiger partial charge on any atom is -0.388 e. The molecular weight excluding hydrogens is 236 g/mol. The lowest BCUT2D eigenvalue weighted by Gasteiger charge is -2.31. The highest BCUT2D eigenvalue weighted by atomic mass is 32.2. The first-order chi connectivity index (χ1) is 8.11. The number of hydrogen-bond acceptors (Lipinski definition) is 3. The Labute approximate surface area is 105 Å². The highest BCUT2D eigenvalue weighted by Crippen LogP contribution is 2.26. The normalized spacial score (nSPS) is 18.9. The van der Waals surface area contributed by atoms with Gasteiger partial charge in [0.25, 0.3) is 5.91 Å². The molecule has 1 aromatic rings.